The molecule has 0 fully saturated rings. The number of rotatable bonds is 3. The molecular formula is C23H36O. The molecular weight excluding hydrogens is 292 g/mol. The smallest absolute Gasteiger partial charge is 0.113 e. The van der Waals surface area contributed by atoms with Crippen LogP contribution in [0.3, 0.4) is 0 Å². The summed E-state index contributed by atoms with van der Waals surface area (Å²) >= 11 is 0. The molecule has 0 heterocycles. The fourth-order valence-corrected chi connectivity index (χ4v) is 3.53. The molecule has 0 bridgehead atoms. The monoisotopic (exact) mass is 328 g/mol. The summed E-state index contributed by atoms with van der Waals surface area (Å²) in [6, 6.07) is 10.5. The molecule has 1 nitrogen and oxygen atoms in total. The van der Waals surface area contributed by atoms with Gasteiger partial charge < -0.3 is 4.74 Å². The van der Waals surface area contributed by atoms with Crippen molar-refractivity contribution in [2.24, 2.45) is 5.92 Å². The zero-order valence-corrected chi connectivity index (χ0v) is 15.6. The first-order valence-corrected chi connectivity index (χ1v) is 10.2. The van der Waals surface area contributed by atoms with Crippen LogP contribution < -0.4 is 0 Å². The Labute approximate surface area is 149 Å². The molecule has 0 spiro atoms. The van der Waals surface area contributed by atoms with Crippen molar-refractivity contribution in [2.75, 3.05) is 0 Å². The lowest BCUT2D eigenvalue weighted by Crippen LogP contribution is -1.99. The van der Waals surface area contributed by atoms with Crippen molar-refractivity contribution >= 4 is 0 Å². The molecule has 24 heavy (non-hydrogen) atoms. The van der Waals surface area contributed by atoms with Gasteiger partial charge in [0.1, 0.15) is 6.61 Å². The van der Waals surface area contributed by atoms with E-state index in [0.717, 1.165) is 6.42 Å². The quantitative estimate of drug-likeness (QED) is 0.561. The van der Waals surface area contributed by atoms with Gasteiger partial charge in [-0.15, -0.1) is 0 Å². The third-order valence-corrected chi connectivity index (χ3v) is 5.07. The van der Waals surface area contributed by atoms with Crippen LogP contribution in [0.2, 0.25) is 0 Å². The van der Waals surface area contributed by atoms with Gasteiger partial charge in [0.25, 0.3) is 0 Å². The summed E-state index contributed by atoms with van der Waals surface area (Å²) in [5, 5.41) is 0. The first-order valence-electron chi connectivity index (χ1n) is 10.2. The second-order valence-electron chi connectivity index (χ2n) is 7.46. The van der Waals surface area contributed by atoms with Crippen LogP contribution in [-0.2, 0) is 11.3 Å². The van der Waals surface area contributed by atoms with E-state index >= 15 is 0 Å². The summed E-state index contributed by atoms with van der Waals surface area (Å²) in [7, 11) is 0. The van der Waals surface area contributed by atoms with Gasteiger partial charge in [-0.3, -0.25) is 0 Å². The van der Waals surface area contributed by atoms with Gasteiger partial charge in [0.05, 0.1) is 5.76 Å². The lowest BCUT2D eigenvalue weighted by molar-refractivity contribution is 0.184. The number of benzene rings is 1. The van der Waals surface area contributed by atoms with Crippen molar-refractivity contribution in [3.05, 3.63) is 47.7 Å². The molecule has 0 aromatic heterocycles. The zero-order chi connectivity index (χ0) is 16.9. The Morgan fingerprint density at radius 2 is 1.38 bits per heavy atom. The van der Waals surface area contributed by atoms with E-state index in [0.29, 0.717) is 12.5 Å². The fourth-order valence-electron chi connectivity index (χ4n) is 3.53. The summed E-state index contributed by atoms with van der Waals surface area (Å²) < 4.78 is 6.19. The van der Waals surface area contributed by atoms with Gasteiger partial charge in [0.15, 0.2) is 0 Å². The number of hydrogen-bond donors (Lipinski definition) is 0. The molecule has 134 valence electrons. The molecule has 1 aromatic rings. The number of ether oxygens (including phenoxy) is 1. The van der Waals surface area contributed by atoms with Crippen LogP contribution in [-0.4, -0.2) is 0 Å². The van der Waals surface area contributed by atoms with Crippen LogP contribution >= 0.6 is 0 Å². The van der Waals surface area contributed by atoms with Crippen LogP contribution in [0.15, 0.2) is 42.2 Å². The molecule has 1 atom stereocenters. The van der Waals surface area contributed by atoms with Crippen molar-refractivity contribution in [1.82, 2.24) is 0 Å². The fraction of sp³-hybridized carbons (Fsp3) is 0.652. The van der Waals surface area contributed by atoms with E-state index in [4.69, 9.17) is 4.74 Å². The minimum Gasteiger partial charge on any atom is -0.494 e. The Morgan fingerprint density at radius 3 is 2.04 bits per heavy atom. The van der Waals surface area contributed by atoms with Crippen molar-refractivity contribution in [1.29, 1.82) is 0 Å². The predicted octanol–water partition coefficient (Wildman–Crippen LogP) is 7.42. The van der Waals surface area contributed by atoms with Crippen molar-refractivity contribution in [3.8, 4) is 0 Å². The van der Waals surface area contributed by atoms with Crippen LogP contribution in [0.4, 0.5) is 0 Å². The van der Waals surface area contributed by atoms with Crippen LogP contribution in [0.5, 0.6) is 0 Å². The van der Waals surface area contributed by atoms with Crippen molar-refractivity contribution in [3.63, 3.8) is 0 Å². The number of allylic oxidation sites excluding steroid dienone is 2. The van der Waals surface area contributed by atoms with Gasteiger partial charge in [-0.2, -0.15) is 0 Å². The molecule has 1 heteroatoms. The maximum Gasteiger partial charge on any atom is 0.113 e. The van der Waals surface area contributed by atoms with E-state index in [1.807, 2.05) is 0 Å². The van der Waals surface area contributed by atoms with Crippen molar-refractivity contribution < 1.29 is 4.74 Å². The molecule has 1 aliphatic rings. The van der Waals surface area contributed by atoms with E-state index < -0.39 is 0 Å². The zero-order valence-electron chi connectivity index (χ0n) is 15.6. The molecule has 2 rings (SSSR count). The van der Waals surface area contributed by atoms with Crippen LogP contribution in [0.25, 0.3) is 0 Å². The Kier molecular flexibility index (Phi) is 9.68. The second kappa shape index (κ2) is 12.2. The topological polar surface area (TPSA) is 9.23 Å². The first-order chi connectivity index (χ1) is 11.8. The maximum atomic E-state index is 6.19. The van der Waals surface area contributed by atoms with Crippen LogP contribution in [0, 0.1) is 5.92 Å². The minimum absolute atomic E-state index is 0.640. The van der Waals surface area contributed by atoms with Gasteiger partial charge in [-0.1, -0.05) is 95.0 Å². The third kappa shape index (κ3) is 8.57. The highest BCUT2D eigenvalue weighted by molar-refractivity contribution is 5.14. The number of hydrogen-bond acceptors (Lipinski definition) is 1. The Bertz CT molecular complexity index is 448. The molecule has 0 aliphatic heterocycles. The lowest BCUT2D eigenvalue weighted by Gasteiger charge is -2.14. The summed E-state index contributed by atoms with van der Waals surface area (Å²) in [4.78, 5) is 0. The predicted molar refractivity (Wildman–Crippen MR) is 104 cm³/mol. The molecule has 0 amide bonds. The Hall–Kier alpha value is -1.24. The largest absolute Gasteiger partial charge is 0.494 e. The molecule has 1 aromatic carbocycles. The van der Waals surface area contributed by atoms with E-state index in [1.165, 1.54) is 82.0 Å². The van der Waals surface area contributed by atoms with Crippen LogP contribution in [0.1, 0.15) is 89.5 Å². The molecule has 0 N–H and O–H groups in total. The van der Waals surface area contributed by atoms with Gasteiger partial charge in [-0.25, -0.2) is 0 Å². The van der Waals surface area contributed by atoms with E-state index in [2.05, 4.69) is 43.3 Å². The summed E-state index contributed by atoms with van der Waals surface area (Å²) in [5.74, 6) is 1.86. The third-order valence-electron chi connectivity index (χ3n) is 5.07. The summed E-state index contributed by atoms with van der Waals surface area (Å²) in [6.45, 7) is 3.06. The first kappa shape index (κ1) is 19.1. The Balaban J connectivity index is 1.87. The van der Waals surface area contributed by atoms with Gasteiger partial charge in [-0.05, 0) is 30.4 Å². The molecule has 0 saturated carbocycles. The minimum atomic E-state index is 0.640. The average molecular weight is 329 g/mol. The standard InChI is InChI=1S/C23H36O/c1-21-15-11-8-6-4-2-3-5-7-9-14-18-23(19-21)24-20-22-16-12-10-13-17-22/h10,12-13,16-17,19,21H,2-9,11,14-15,18,20H2,1H3/b23-19+. The molecule has 1 aliphatic carbocycles. The van der Waals surface area contributed by atoms with Gasteiger partial charge >= 0.3 is 0 Å². The average Bonchev–Trinajstić information content (AvgIpc) is 2.61. The Morgan fingerprint density at radius 1 is 0.792 bits per heavy atom. The summed E-state index contributed by atoms with van der Waals surface area (Å²) in [5.41, 5.74) is 1.27. The molecule has 0 saturated heterocycles. The molecule has 1 unspecified atom stereocenters. The highest BCUT2D eigenvalue weighted by Gasteiger charge is 2.06. The van der Waals surface area contributed by atoms with Gasteiger partial charge in [0, 0.05) is 6.42 Å². The highest BCUT2D eigenvalue weighted by atomic mass is 16.5. The van der Waals surface area contributed by atoms with E-state index in [-0.39, 0.29) is 0 Å². The van der Waals surface area contributed by atoms with Crippen molar-refractivity contribution in [2.45, 2.75) is 90.6 Å². The van der Waals surface area contributed by atoms with E-state index in [9.17, 15) is 0 Å². The second-order valence-corrected chi connectivity index (χ2v) is 7.46. The van der Waals surface area contributed by atoms with Gasteiger partial charge in [0.2, 0.25) is 0 Å². The maximum absolute atomic E-state index is 6.19. The lowest BCUT2D eigenvalue weighted by atomic mass is 10.0. The van der Waals surface area contributed by atoms with E-state index in [1.54, 1.807) is 0 Å². The SMILES string of the molecule is CC1/C=C(/OCc2ccccc2)CCCCCCCCCCCC1. The normalized spacial score (nSPS) is 24.2. The highest BCUT2D eigenvalue weighted by Crippen LogP contribution is 2.21. The summed E-state index contributed by atoms with van der Waals surface area (Å²) in [6.07, 6.45) is 18.8. The molecule has 0 radical (unpaired) electrons.